The van der Waals surface area contributed by atoms with Crippen LogP contribution in [0.1, 0.15) is 18.4 Å². The Labute approximate surface area is 106 Å². The van der Waals surface area contributed by atoms with Crippen molar-refractivity contribution in [2.75, 3.05) is 7.11 Å². The molecule has 0 aromatic heterocycles. The first-order valence-corrected chi connectivity index (χ1v) is 5.53. The quantitative estimate of drug-likeness (QED) is 0.464. The predicted octanol–water partition coefficient (Wildman–Crippen LogP) is 1.68. The molecule has 0 saturated carbocycles. The van der Waals surface area contributed by atoms with Gasteiger partial charge in [-0.05, 0) is 30.0 Å². The summed E-state index contributed by atoms with van der Waals surface area (Å²) in [6.07, 6.45) is 1.65. The SMILES string of the molecule is CO.O=COC(O)(Cl)CCCc1ccccc1. The minimum absolute atomic E-state index is 0.148. The van der Waals surface area contributed by atoms with Crippen LogP contribution in [0.3, 0.4) is 0 Å². The number of hydrogen-bond donors (Lipinski definition) is 2. The van der Waals surface area contributed by atoms with E-state index in [2.05, 4.69) is 4.74 Å². The van der Waals surface area contributed by atoms with Gasteiger partial charge in [0.15, 0.2) is 0 Å². The molecule has 17 heavy (non-hydrogen) atoms. The third kappa shape index (κ3) is 7.74. The van der Waals surface area contributed by atoms with Gasteiger partial charge in [-0.15, -0.1) is 0 Å². The van der Waals surface area contributed by atoms with E-state index in [1.165, 1.54) is 0 Å². The summed E-state index contributed by atoms with van der Waals surface area (Å²) in [7, 11) is 1.00. The van der Waals surface area contributed by atoms with E-state index >= 15 is 0 Å². The van der Waals surface area contributed by atoms with Crippen LogP contribution in [0.25, 0.3) is 0 Å². The van der Waals surface area contributed by atoms with Crippen molar-refractivity contribution in [3.63, 3.8) is 0 Å². The summed E-state index contributed by atoms with van der Waals surface area (Å²) in [5.74, 6) is 0. The van der Waals surface area contributed by atoms with E-state index in [-0.39, 0.29) is 12.9 Å². The van der Waals surface area contributed by atoms with Crippen molar-refractivity contribution >= 4 is 18.1 Å². The highest BCUT2D eigenvalue weighted by Crippen LogP contribution is 2.20. The van der Waals surface area contributed by atoms with Crippen molar-refractivity contribution in [3.8, 4) is 0 Å². The Morgan fingerprint density at radius 2 is 1.94 bits per heavy atom. The number of carbonyl (C=O) groups is 1. The van der Waals surface area contributed by atoms with Gasteiger partial charge in [-0.2, -0.15) is 0 Å². The van der Waals surface area contributed by atoms with Crippen LogP contribution in [-0.4, -0.2) is 29.0 Å². The Kier molecular flexibility index (Phi) is 8.40. The van der Waals surface area contributed by atoms with E-state index < -0.39 is 5.25 Å². The van der Waals surface area contributed by atoms with Crippen molar-refractivity contribution in [1.82, 2.24) is 0 Å². The van der Waals surface area contributed by atoms with Crippen molar-refractivity contribution in [3.05, 3.63) is 35.9 Å². The van der Waals surface area contributed by atoms with Crippen LogP contribution in [0.4, 0.5) is 0 Å². The van der Waals surface area contributed by atoms with E-state index in [4.69, 9.17) is 16.7 Å². The number of carbonyl (C=O) groups excluding carboxylic acids is 1. The Morgan fingerprint density at radius 1 is 1.35 bits per heavy atom. The van der Waals surface area contributed by atoms with Crippen LogP contribution in [0, 0.1) is 0 Å². The zero-order chi connectivity index (χ0) is 13.1. The number of aliphatic hydroxyl groups is 2. The Bertz CT molecular complexity index is 301. The van der Waals surface area contributed by atoms with Crippen molar-refractivity contribution in [1.29, 1.82) is 0 Å². The minimum atomic E-state index is -1.86. The van der Waals surface area contributed by atoms with Gasteiger partial charge in [-0.3, -0.25) is 4.79 Å². The highest BCUT2D eigenvalue weighted by atomic mass is 35.5. The summed E-state index contributed by atoms with van der Waals surface area (Å²) < 4.78 is 4.31. The lowest BCUT2D eigenvalue weighted by Crippen LogP contribution is -2.24. The van der Waals surface area contributed by atoms with Crippen molar-refractivity contribution in [2.24, 2.45) is 0 Å². The molecule has 96 valence electrons. The lowest BCUT2D eigenvalue weighted by molar-refractivity contribution is -0.165. The fourth-order valence-corrected chi connectivity index (χ4v) is 1.46. The zero-order valence-electron chi connectivity index (χ0n) is 9.67. The van der Waals surface area contributed by atoms with E-state index in [1.807, 2.05) is 30.3 Å². The lowest BCUT2D eigenvalue weighted by atomic mass is 10.1. The van der Waals surface area contributed by atoms with Crippen LogP contribution >= 0.6 is 11.6 Å². The maximum absolute atomic E-state index is 9.99. The van der Waals surface area contributed by atoms with Gasteiger partial charge in [0.1, 0.15) is 0 Å². The van der Waals surface area contributed by atoms with Gasteiger partial charge < -0.3 is 14.9 Å². The molecule has 0 aliphatic carbocycles. The summed E-state index contributed by atoms with van der Waals surface area (Å²) in [6.45, 7) is 0.148. The number of aliphatic hydroxyl groups excluding tert-OH is 1. The lowest BCUT2D eigenvalue weighted by Gasteiger charge is -2.17. The molecule has 4 nitrogen and oxygen atoms in total. The predicted molar refractivity (Wildman–Crippen MR) is 65.5 cm³/mol. The highest BCUT2D eigenvalue weighted by molar-refractivity contribution is 6.21. The normalized spacial score (nSPS) is 12.9. The molecule has 0 aliphatic heterocycles. The van der Waals surface area contributed by atoms with Crippen LogP contribution in [0.5, 0.6) is 0 Å². The smallest absolute Gasteiger partial charge is 0.296 e. The maximum Gasteiger partial charge on any atom is 0.296 e. The summed E-state index contributed by atoms with van der Waals surface area (Å²) >= 11 is 5.50. The van der Waals surface area contributed by atoms with Gasteiger partial charge in [-0.1, -0.05) is 30.3 Å². The molecule has 5 heteroatoms. The fraction of sp³-hybridized carbons (Fsp3) is 0.417. The van der Waals surface area contributed by atoms with Gasteiger partial charge in [0.25, 0.3) is 11.7 Å². The molecule has 0 saturated heterocycles. The monoisotopic (exact) mass is 260 g/mol. The molecule has 2 N–H and O–H groups in total. The first kappa shape index (κ1) is 15.9. The first-order valence-electron chi connectivity index (χ1n) is 5.15. The molecule has 0 radical (unpaired) electrons. The molecular formula is C12H17ClO4. The van der Waals surface area contributed by atoms with Gasteiger partial charge in [0.05, 0.1) is 0 Å². The molecule has 0 bridgehead atoms. The third-order valence-corrected chi connectivity index (χ3v) is 2.30. The summed E-state index contributed by atoms with van der Waals surface area (Å²) in [6, 6.07) is 9.83. The molecule has 1 aromatic carbocycles. The summed E-state index contributed by atoms with van der Waals surface area (Å²) in [5, 5.41) is 14.4. The number of hydrogen-bond acceptors (Lipinski definition) is 4. The first-order chi connectivity index (χ1) is 8.14. The topological polar surface area (TPSA) is 66.8 Å². The number of aryl methyl sites for hydroxylation is 1. The van der Waals surface area contributed by atoms with Gasteiger partial charge >= 0.3 is 0 Å². The van der Waals surface area contributed by atoms with Gasteiger partial charge in [0, 0.05) is 13.5 Å². The minimum Gasteiger partial charge on any atom is -0.421 e. The molecule has 1 rings (SSSR count). The van der Waals surface area contributed by atoms with Crippen LogP contribution in [0.15, 0.2) is 30.3 Å². The molecule has 0 amide bonds. The average Bonchev–Trinajstić information content (AvgIpc) is 2.32. The number of alkyl halides is 1. The van der Waals surface area contributed by atoms with E-state index in [0.29, 0.717) is 6.42 Å². The van der Waals surface area contributed by atoms with Crippen LogP contribution in [-0.2, 0) is 16.0 Å². The second-order valence-electron chi connectivity index (χ2n) is 3.24. The van der Waals surface area contributed by atoms with Crippen LogP contribution < -0.4 is 0 Å². The number of ether oxygens (including phenoxy) is 1. The molecule has 0 aliphatic rings. The highest BCUT2D eigenvalue weighted by Gasteiger charge is 2.23. The molecule has 0 spiro atoms. The van der Waals surface area contributed by atoms with Gasteiger partial charge in [-0.25, -0.2) is 0 Å². The van der Waals surface area contributed by atoms with E-state index in [9.17, 15) is 9.90 Å². The summed E-state index contributed by atoms with van der Waals surface area (Å²) in [5.41, 5.74) is 1.16. The average molecular weight is 261 g/mol. The number of rotatable bonds is 6. The molecule has 1 aromatic rings. The van der Waals surface area contributed by atoms with Crippen LogP contribution in [0.2, 0.25) is 0 Å². The number of halogens is 1. The van der Waals surface area contributed by atoms with Crippen molar-refractivity contribution < 1.29 is 19.7 Å². The third-order valence-electron chi connectivity index (χ3n) is 2.02. The second-order valence-corrected chi connectivity index (χ2v) is 3.83. The Morgan fingerprint density at radius 3 is 2.47 bits per heavy atom. The van der Waals surface area contributed by atoms with E-state index in [0.717, 1.165) is 19.1 Å². The molecule has 0 fully saturated rings. The molecule has 1 unspecified atom stereocenters. The molecular weight excluding hydrogens is 244 g/mol. The van der Waals surface area contributed by atoms with E-state index in [1.54, 1.807) is 0 Å². The summed E-state index contributed by atoms with van der Waals surface area (Å²) in [4.78, 5) is 9.99. The standard InChI is InChI=1S/C11H13ClO3.CH4O/c12-11(14,15-9-13)8-4-7-10-5-2-1-3-6-10;1-2/h1-3,5-6,9,14H,4,7-8H2;2H,1H3. The largest absolute Gasteiger partial charge is 0.421 e. The Hall–Kier alpha value is -1.10. The van der Waals surface area contributed by atoms with Gasteiger partial charge in [0.2, 0.25) is 0 Å². The molecule has 0 heterocycles. The molecule has 1 atom stereocenters. The number of benzene rings is 1. The second kappa shape index (κ2) is 8.98. The fourth-order valence-electron chi connectivity index (χ4n) is 1.29. The zero-order valence-corrected chi connectivity index (χ0v) is 10.4. The Balaban J connectivity index is 0.00000121. The maximum atomic E-state index is 9.99. The van der Waals surface area contributed by atoms with Crippen molar-refractivity contribution in [2.45, 2.75) is 24.5 Å².